The molecule has 1 aromatic carbocycles. The maximum atomic E-state index is 14.4. The second kappa shape index (κ2) is 7.34. The average Bonchev–Trinajstić information content (AvgIpc) is 3.38. The number of nitrogens with zero attached hydrogens (tertiary/aromatic N) is 6. The van der Waals surface area contributed by atoms with Crippen LogP contribution in [0.15, 0.2) is 64.8 Å². The summed E-state index contributed by atoms with van der Waals surface area (Å²) in [6.45, 7) is 0.667. The van der Waals surface area contributed by atoms with E-state index in [1.165, 1.54) is 27.7 Å². The number of nitrogens with one attached hydrogen (secondary N) is 1. The number of fused-ring (bicyclic) bond motifs is 2. The van der Waals surface area contributed by atoms with Crippen molar-refractivity contribution in [3.05, 3.63) is 77.1 Å². The Hall–Kier alpha value is -3.86. The lowest BCUT2D eigenvalue weighted by Gasteiger charge is -2.42. The molecule has 0 radical (unpaired) electrons. The summed E-state index contributed by atoms with van der Waals surface area (Å²) in [7, 11) is -1.24. The van der Waals surface area contributed by atoms with Gasteiger partial charge in [0, 0.05) is 25.2 Å². The number of rotatable bonds is 4. The second-order valence-corrected chi connectivity index (χ2v) is 9.17. The van der Waals surface area contributed by atoms with Gasteiger partial charge in [-0.2, -0.15) is 5.10 Å². The van der Waals surface area contributed by atoms with Crippen LogP contribution in [-0.2, 0) is 10.8 Å². The summed E-state index contributed by atoms with van der Waals surface area (Å²) in [6.07, 6.45) is 6.90. The molecule has 6 rings (SSSR count). The average molecular weight is 463 g/mol. The molecule has 2 unspecified atom stereocenters. The van der Waals surface area contributed by atoms with Crippen molar-refractivity contribution in [1.29, 1.82) is 0 Å². The molecule has 0 spiro atoms. The summed E-state index contributed by atoms with van der Waals surface area (Å²) >= 11 is 0. The summed E-state index contributed by atoms with van der Waals surface area (Å²) in [4.78, 5) is 27.8. The van der Waals surface area contributed by atoms with Crippen LogP contribution in [0.25, 0.3) is 22.2 Å². The highest BCUT2D eigenvalue weighted by molar-refractivity contribution is 7.84. The van der Waals surface area contributed by atoms with Gasteiger partial charge in [0.05, 0.1) is 32.8 Å². The number of aromatic amines is 1. The minimum Gasteiger partial charge on any atom is -0.345 e. The van der Waals surface area contributed by atoms with E-state index in [1.807, 2.05) is 23.1 Å². The van der Waals surface area contributed by atoms with Gasteiger partial charge in [0.2, 0.25) is 0 Å². The molecule has 166 valence electrons. The summed E-state index contributed by atoms with van der Waals surface area (Å²) in [6, 6.07) is 10.0. The van der Waals surface area contributed by atoms with E-state index in [0.717, 1.165) is 6.42 Å². The van der Waals surface area contributed by atoms with E-state index >= 15 is 0 Å². The Kier molecular flexibility index (Phi) is 4.40. The topological polar surface area (TPSA) is 101 Å². The molecule has 1 N–H and O–H groups in total. The molecule has 1 aliphatic rings. The Morgan fingerprint density at radius 1 is 1.18 bits per heavy atom. The predicted molar refractivity (Wildman–Crippen MR) is 122 cm³/mol. The minimum absolute atomic E-state index is 0.104. The van der Waals surface area contributed by atoms with Crippen LogP contribution in [0.4, 0.5) is 10.2 Å². The van der Waals surface area contributed by atoms with Gasteiger partial charge in [0.15, 0.2) is 17.2 Å². The Balaban J connectivity index is 1.57. The molecule has 4 aromatic heterocycles. The quantitative estimate of drug-likeness (QED) is 0.440. The van der Waals surface area contributed by atoms with Gasteiger partial charge in [-0.05, 0) is 24.6 Å². The fourth-order valence-electron chi connectivity index (χ4n) is 4.36. The molecule has 2 atom stereocenters. The van der Waals surface area contributed by atoms with E-state index in [1.54, 1.807) is 24.6 Å². The Bertz CT molecular complexity index is 1610. The van der Waals surface area contributed by atoms with Gasteiger partial charge in [-0.25, -0.2) is 18.9 Å². The lowest BCUT2D eigenvalue weighted by atomic mass is 10.0. The van der Waals surface area contributed by atoms with Crippen LogP contribution in [0.2, 0.25) is 0 Å². The normalized spacial score (nSPS) is 16.9. The largest absolute Gasteiger partial charge is 0.345 e. The SMILES string of the molecule is CS(=O)c1c[nH]c2ncnc(N3CCC3c3nn4ccc(F)c4c(=O)n3-c3ccccc3)c12. The first-order chi connectivity index (χ1) is 16.0. The lowest BCUT2D eigenvalue weighted by molar-refractivity contribution is 0.424. The van der Waals surface area contributed by atoms with E-state index in [0.29, 0.717) is 39.8 Å². The van der Waals surface area contributed by atoms with Gasteiger partial charge in [0.25, 0.3) is 5.56 Å². The molecule has 5 heterocycles. The number of anilines is 1. The fourth-order valence-corrected chi connectivity index (χ4v) is 5.06. The summed E-state index contributed by atoms with van der Waals surface area (Å²) in [5.74, 6) is 0.478. The molecule has 9 nitrogen and oxygen atoms in total. The Labute approximate surface area is 189 Å². The molecule has 1 saturated heterocycles. The number of hydrogen-bond donors (Lipinski definition) is 1. The molecule has 11 heteroatoms. The van der Waals surface area contributed by atoms with Crippen LogP contribution < -0.4 is 10.5 Å². The van der Waals surface area contributed by atoms with E-state index < -0.39 is 22.2 Å². The third-order valence-corrected chi connectivity index (χ3v) is 6.93. The van der Waals surface area contributed by atoms with Crippen molar-refractivity contribution in [2.45, 2.75) is 17.4 Å². The van der Waals surface area contributed by atoms with Crippen LogP contribution >= 0.6 is 0 Å². The smallest absolute Gasteiger partial charge is 0.285 e. The minimum atomic E-state index is -1.24. The highest BCUT2D eigenvalue weighted by Crippen LogP contribution is 2.40. The van der Waals surface area contributed by atoms with Gasteiger partial charge in [-0.15, -0.1) is 0 Å². The monoisotopic (exact) mass is 463 g/mol. The number of halogens is 1. The maximum Gasteiger partial charge on any atom is 0.285 e. The molecule has 33 heavy (non-hydrogen) atoms. The maximum absolute atomic E-state index is 14.4. The number of benzene rings is 1. The van der Waals surface area contributed by atoms with Gasteiger partial charge < -0.3 is 9.88 Å². The van der Waals surface area contributed by atoms with Crippen LogP contribution in [0.5, 0.6) is 0 Å². The third kappa shape index (κ3) is 2.92. The van der Waals surface area contributed by atoms with Crippen LogP contribution in [0.1, 0.15) is 18.3 Å². The number of aromatic nitrogens is 6. The highest BCUT2D eigenvalue weighted by Gasteiger charge is 2.37. The second-order valence-electron chi connectivity index (χ2n) is 7.82. The van der Waals surface area contributed by atoms with Crippen molar-refractivity contribution in [1.82, 2.24) is 29.1 Å². The molecule has 1 fully saturated rings. The first-order valence-electron chi connectivity index (χ1n) is 10.3. The van der Waals surface area contributed by atoms with Gasteiger partial charge in [-0.3, -0.25) is 13.6 Å². The summed E-state index contributed by atoms with van der Waals surface area (Å²) in [5.41, 5.74) is 0.606. The molecule has 5 aromatic rings. The van der Waals surface area contributed by atoms with Crippen LogP contribution in [0.3, 0.4) is 0 Å². The first-order valence-corrected chi connectivity index (χ1v) is 11.9. The van der Waals surface area contributed by atoms with E-state index in [2.05, 4.69) is 20.1 Å². The van der Waals surface area contributed by atoms with Crippen molar-refractivity contribution < 1.29 is 8.60 Å². The molecule has 0 aliphatic carbocycles. The zero-order valence-corrected chi connectivity index (χ0v) is 18.3. The van der Waals surface area contributed by atoms with Gasteiger partial charge in [-0.1, -0.05) is 18.2 Å². The molecule has 0 bridgehead atoms. The number of hydrogen-bond acceptors (Lipinski definition) is 6. The van der Waals surface area contributed by atoms with Crippen molar-refractivity contribution >= 4 is 33.2 Å². The number of para-hydroxylation sites is 1. The van der Waals surface area contributed by atoms with E-state index in [4.69, 9.17) is 0 Å². The van der Waals surface area contributed by atoms with Crippen LogP contribution in [0, 0.1) is 5.82 Å². The Morgan fingerprint density at radius 3 is 2.73 bits per heavy atom. The number of H-pyrrole nitrogens is 1. The van der Waals surface area contributed by atoms with Crippen molar-refractivity contribution in [3.8, 4) is 5.69 Å². The van der Waals surface area contributed by atoms with E-state index in [9.17, 15) is 13.4 Å². The van der Waals surface area contributed by atoms with Crippen molar-refractivity contribution in [2.75, 3.05) is 17.7 Å². The van der Waals surface area contributed by atoms with E-state index in [-0.39, 0.29) is 11.6 Å². The van der Waals surface area contributed by atoms with Gasteiger partial charge in [0.1, 0.15) is 17.8 Å². The zero-order valence-electron chi connectivity index (χ0n) is 17.5. The first kappa shape index (κ1) is 19.8. The molecular formula is C22H18FN7O2S. The molecular weight excluding hydrogens is 445 g/mol. The van der Waals surface area contributed by atoms with Crippen LogP contribution in [-0.4, -0.2) is 46.1 Å². The summed E-state index contributed by atoms with van der Waals surface area (Å²) < 4.78 is 29.5. The standard InChI is InChI=1S/C22H18FN7O2S/c1-33(32)16-11-24-19-17(16)21(26-12-25-19)28-9-8-15(28)20-27-29-10-7-14(23)18(29)22(31)30(20)13-5-3-2-4-6-13/h2-7,10-12,15H,8-9H2,1H3,(H,24,25,26). The third-order valence-electron chi connectivity index (χ3n) is 5.99. The van der Waals surface area contributed by atoms with Gasteiger partial charge >= 0.3 is 0 Å². The zero-order chi connectivity index (χ0) is 22.7. The predicted octanol–water partition coefficient (Wildman–Crippen LogP) is 2.58. The highest BCUT2D eigenvalue weighted by atomic mass is 32.2. The summed E-state index contributed by atoms with van der Waals surface area (Å²) in [5, 5.41) is 5.33. The Morgan fingerprint density at radius 2 is 2.00 bits per heavy atom. The van der Waals surface area contributed by atoms with Crippen molar-refractivity contribution in [3.63, 3.8) is 0 Å². The lowest BCUT2D eigenvalue weighted by Crippen LogP contribution is -2.45. The fraction of sp³-hybridized carbons (Fsp3) is 0.182. The van der Waals surface area contributed by atoms with Crippen molar-refractivity contribution in [2.24, 2.45) is 0 Å². The molecule has 0 amide bonds. The molecule has 0 saturated carbocycles. The molecule has 1 aliphatic heterocycles.